The summed E-state index contributed by atoms with van der Waals surface area (Å²) >= 11 is 3.48. The van der Waals surface area contributed by atoms with Crippen LogP contribution in [0.2, 0.25) is 0 Å². The number of aromatic nitrogens is 4. The number of benzene rings is 2. The van der Waals surface area contributed by atoms with Crippen molar-refractivity contribution in [2.24, 2.45) is 0 Å². The Morgan fingerprint density at radius 1 is 1.05 bits per heavy atom. The first-order valence-corrected chi connectivity index (χ1v) is 7.13. The van der Waals surface area contributed by atoms with Gasteiger partial charge in [0.25, 0.3) is 0 Å². The van der Waals surface area contributed by atoms with E-state index in [0.29, 0.717) is 11.2 Å². The van der Waals surface area contributed by atoms with Crippen molar-refractivity contribution in [3.63, 3.8) is 0 Å². The molecule has 0 aliphatic rings. The van der Waals surface area contributed by atoms with Gasteiger partial charge in [0.05, 0.1) is 5.52 Å². The second-order valence-corrected chi connectivity index (χ2v) is 5.58. The zero-order chi connectivity index (χ0) is 14.4. The highest BCUT2D eigenvalue weighted by atomic mass is 79.9. The van der Waals surface area contributed by atoms with E-state index in [2.05, 4.69) is 31.2 Å². The van der Waals surface area contributed by atoms with Gasteiger partial charge in [0.1, 0.15) is 0 Å². The molecular weight excluding hydrogens is 332 g/mol. The predicted octanol–water partition coefficient (Wildman–Crippen LogP) is 3.65. The van der Waals surface area contributed by atoms with Crippen LogP contribution in [0.4, 0.5) is 0 Å². The lowest BCUT2D eigenvalue weighted by Crippen LogP contribution is -1.95. The van der Waals surface area contributed by atoms with Gasteiger partial charge in [-0.1, -0.05) is 51.1 Å². The summed E-state index contributed by atoms with van der Waals surface area (Å²) in [5.74, 6) is 0. The van der Waals surface area contributed by atoms with Gasteiger partial charge in [-0.05, 0) is 29.0 Å². The van der Waals surface area contributed by atoms with Crippen molar-refractivity contribution in [3.8, 4) is 11.1 Å². The van der Waals surface area contributed by atoms with Crippen LogP contribution in [-0.4, -0.2) is 25.3 Å². The number of halogens is 1. The third kappa shape index (κ3) is 1.87. The second kappa shape index (κ2) is 4.53. The van der Waals surface area contributed by atoms with Crippen molar-refractivity contribution in [2.75, 3.05) is 0 Å². The summed E-state index contributed by atoms with van der Waals surface area (Å²) in [6.45, 7) is 0. The van der Waals surface area contributed by atoms with E-state index in [-0.39, 0.29) is 0 Å². The summed E-state index contributed by atoms with van der Waals surface area (Å²) in [4.78, 5) is 5.23. The fourth-order valence-electron chi connectivity index (χ4n) is 2.50. The minimum atomic E-state index is 0.422. The monoisotopic (exact) mass is 340 g/mol. The molecule has 102 valence electrons. The molecule has 0 saturated carbocycles. The predicted molar refractivity (Wildman–Crippen MR) is 83.1 cm³/mol. The molecule has 0 aliphatic heterocycles. The lowest BCUT2D eigenvalue weighted by molar-refractivity contribution is 0.155. The van der Waals surface area contributed by atoms with E-state index >= 15 is 0 Å². The molecule has 5 nitrogen and oxygen atoms in total. The molecule has 1 N–H and O–H groups in total. The molecule has 2 heterocycles. The largest absolute Gasteiger partial charge is 0.410 e. The molecule has 0 aliphatic carbocycles. The zero-order valence-electron chi connectivity index (χ0n) is 10.7. The Kier molecular flexibility index (Phi) is 2.65. The minimum Gasteiger partial charge on any atom is -0.410 e. The van der Waals surface area contributed by atoms with Gasteiger partial charge < -0.3 is 5.21 Å². The highest BCUT2D eigenvalue weighted by molar-refractivity contribution is 9.10. The van der Waals surface area contributed by atoms with Gasteiger partial charge in [-0.2, -0.15) is 0 Å². The van der Waals surface area contributed by atoms with Crippen LogP contribution in [0.15, 0.2) is 53.0 Å². The lowest BCUT2D eigenvalue weighted by atomic mass is 10.0. The first kappa shape index (κ1) is 12.3. The highest BCUT2D eigenvalue weighted by Gasteiger charge is 2.17. The van der Waals surface area contributed by atoms with Crippen LogP contribution < -0.4 is 0 Å². The van der Waals surface area contributed by atoms with Gasteiger partial charge in [-0.15, -0.1) is 5.10 Å². The van der Waals surface area contributed by atoms with Gasteiger partial charge in [0.15, 0.2) is 5.52 Å². The third-order valence-electron chi connectivity index (χ3n) is 3.39. The Bertz CT molecular complexity index is 966. The quantitative estimate of drug-likeness (QED) is 0.537. The lowest BCUT2D eigenvalue weighted by Gasteiger charge is -2.08. The van der Waals surface area contributed by atoms with Crippen LogP contribution in [0.25, 0.3) is 33.2 Å². The molecule has 0 atom stereocenters. The molecule has 0 saturated heterocycles. The van der Waals surface area contributed by atoms with Crippen LogP contribution in [0, 0.1) is 0 Å². The molecule has 2 aromatic carbocycles. The summed E-state index contributed by atoms with van der Waals surface area (Å²) in [6, 6.07) is 15.7. The maximum Gasteiger partial charge on any atom is 0.206 e. The van der Waals surface area contributed by atoms with E-state index in [9.17, 15) is 5.21 Å². The van der Waals surface area contributed by atoms with Gasteiger partial charge in [0.2, 0.25) is 5.65 Å². The maximum absolute atomic E-state index is 9.97. The second-order valence-electron chi connectivity index (χ2n) is 4.67. The van der Waals surface area contributed by atoms with E-state index in [4.69, 9.17) is 0 Å². The fraction of sp³-hybridized carbons (Fsp3) is 0. The first-order valence-electron chi connectivity index (χ1n) is 6.33. The molecule has 0 amide bonds. The van der Waals surface area contributed by atoms with Crippen LogP contribution in [0.1, 0.15) is 0 Å². The average Bonchev–Trinajstić information content (AvgIpc) is 2.87. The van der Waals surface area contributed by atoms with E-state index in [1.807, 2.05) is 48.5 Å². The molecule has 0 radical (unpaired) electrons. The van der Waals surface area contributed by atoms with Crippen LogP contribution in [-0.2, 0) is 0 Å². The van der Waals surface area contributed by atoms with Crippen molar-refractivity contribution < 1.29 is 5.21 Å². The first-order chi connectivity index (χ1) is 10.2. The van der Waals surface area contributed by atoms with Crippen molar-refractivity contribution >= 4 is 38.0 Å². The number of rotatable bonds is 1. The van der Waals surface area contributed by atoms with Gasteiger partial charge in [-0.25, -0.2) is 4.98 Å². The molecule has 0 fully saturated rings. The standard InChI is InChI=1S/C15H9BrN4O/c16-10-6-7-12-11(8-10)13(9-4-2-1-3-5-9)14-15(17-12)18-19-20(14)21/h1-8,21H. The van der Waals surface area contributed by atoms with Gasteiger partial charge in [0, 0.05) is 15.4 Å². The van der Waals surface area contributed by atoms with E-state index in [1.165, 1.54) is 0 Å². The summed E-state index contributed by atoms with van der Waals surface area (Å²) in [6.07, 6.45) is 0. The Balaban J connectivity index is 2.26. The van der Waals surface area contributed by atoms with Gasteiger partial charge >= 0.3 is 0 Å². The summed E-state index contributed by atoms with van der Waals surface area (Å²) < 4.78 is 0.949. The topological polar surface area (TPSA) is 63.8 Å². The Labute approximate surface area is 127 Å². The maximum atomic E-state index is 9.97. The Morgan fingerprint density at radius 2 is 1.86 bits per heavy atom. The molecule has 0 unspecified atom stereocenters. The number of nitrogens with zero attached hydrogens (tertiary/aromatic N) is 4. The number of fused-ring (bicyclic) bond motifs is 2. The highest BCUT2D eigenvalue weighted by Crippen LogP contribution is 2.34. The van der Waals surface area contributed by atoms with E-state index < -0.39 is 0 Å². The summed E-state index contributed by atoms with van der Waals surface area (Å²) in [5.41, 5.74) is 3.58. The molecule has 0 spiro atoms. The van der Waals surface area contributed by atoms with Crippen molar-refractivity contribution in [1.29, 1.82) is 0 Å². The van der Waals surface area contributed by atoms with Crippen LogP contribution in [0.3, 0.4) is 0 Å². The SMILES string of the molecule is On1nnc2nc3ccc(Br)cc3c(-c3ccccc3)c21. The summed E-state index contributed by atoms with van der Waals surface area (Å²) in [5, 5.41) is 18.5. The molecule has 4 aromatic rings. The normalized spacial score (nSPS) is 11.3. The zero-order valence-corrected chi connectivity index (χ0v) is 12.3. The smallest absolute Gasteiger partial charge is 0.206 e. The third-order valence-corrected chi connectivity index (χ3v) is 3.88. The molecule has 6 heteroatoms. The van der Waals surface area contributed by atoms with Crippen LogP contribution in [0.5, 0.6) is 0 Å². The molecule has 2 aromatic heterocycles. The van der Waals surface area contributed by atoms with Crippen molar-refractivity contribution in [3.05, 3.63) is 53.0 Å². The van der Waals surface area contributed by atoms with Crippen molar-refractivity contribution in [2.45, 2.75) is 0 Å². The fourth-order valence-corrected chi connectivity index (χ4v) is 2.86. The number of hydrogen-bond donors (Lipinski definition) is 1. The molecular formula is C15H9BrN4O. The number of pyridine rings is 1. The van der Waals surface area contributed by atoms with E-state index in [1.54, 1.807) is 0 Å². The molecule has 0 bridgehead atoms. The van der Waals surface area contributed by atoms with Crippen LogP contribution >= 0.6 is 15.9 Å². The number of hydrogen-bond acceptors (Lipinski definition) is 4. The van der Waals surface area contributed by atoms with Gasteiger partial charge in [-0.3, -0.25) is 0 Å². The molecule has 4 rings (SSSR count). The Hall–Kier alpha value is -2.47. The van der Waals surface area contributed by atoms with E-state index in [0.717, 1.165) is 31.3 Å². The Morgan fingerprint density at radius 3 is 2.67 bits per heavy atom. The average molecular weight is 341 g/mol. The summed E-state index contributed by atoms with van der Waals surface area (Å²) in [7, 11) is 0. The minimum absolute atomic E-state index is 0.422. The van der Waals surface area contributed by atoms with Crippen molar-refractivity contribution in [1.82, 2.24) is 20.1 Å². The molecule has 21 heavy (non-hydrogen) atoms.